The molecule has 0 unspecified atom stereocenters. The summed E-state index contributed by atoms with van der Waals surface area (Å²) in [7, 11) is 1.26. The summed E-state index contributed by atoms with van der Waals surface area (Å²) in [4.78, 5) is 21.6. The van der Waals surface area contributed by atoms with Crippen molar-refractivity contribution in [1.82, 2.24) is 0 Å². The van der Waals surface area contributed by atoms with Crippen LogP contribution >= 0.6 is 0 Å². The summed E-state index contributed by atoms with van der Waals surface area (Å²) < 4.78 is 9.78. The lowest BCUT2D eigenvalue weighted by atomic mass is 10.2. The first kappa shape index (κ1) is 11.2. The zero-order chi connectivity index (χ0) is 11.3. The predicted octanol–water partition coefficient (Wildman–Crippen LogP) is 2.27. The van der Waals surface area contributed by atoms with Crippen LogP contribution in [0.4, 0.5) is 5.69 Å². The molecule has 1 rings (SSSR count). The van der Waals surface area contributed by atoms with E-state index < -0.39 is 5.97 Å². The third-order valence-electron chi connectivity index (χ3n) is 1.77. The number of ether oxygens (including phenoxy) is 2. The number of hydrogen-bond donors (Lipinski definition) is 0. The number of carbonyl (C=O) groups excluding carboxylic acids is 1. The van der Waals surface area contributed by atoms with Crippen LogP contribution in [0.15, 0.2) is 23.4 Å². The molecule has 15 heavy (non-hydrogen) atoms. The molecule has 0 aliphatic carbocycles. The molecule has 0 spiro atoms. The number of rotatable bonds is 4. The molecule has 0 bridgehead atoms. The number of nitrogens with zero attached hydrogens (tertiary/aromatic N) is 1. The van der Waals surface area contributed by atoms with Gasteiger partial charge in [0, 0.05) is 0 Å². The predicted molar refractivity (Wildman–Crippen MR) is 54.4 cm³/mol. The van der Waals surface area contributed by atoms with E-state index in [9.17, 15) is 9.70 Å². The molecular weight excluding hydrogens is 198 g/mol. The van der Waals surface area contributed by atoms with Gasteiger partial charge in [0.2, 0.25) is 0 Å². The van der Waals surface area contributed by atoms with E-state index in [2.05, 4.69) is 9.91 Å². The van der Waals surface area contributed by atoms with Gasteiger partial charge in [-0.1, -0.05) is 0 Å². The first-order chi connectivity index (χ1) is 7.22. The highest BCUT2D eigenvalue weighted by molar-refractivity contribution is 5.93. The van der Waals surface area contributed by atoms with Crippen LogP contribution in [0.5, 0.6) is 5.75 Å². The Morgan fingerprint density at radius 1 is 1.47 bits per heavy atom. The Kier molecular flexibility index (Phi) is 3.79. The molecule has 0 N–H and O–H groups in total. The molecule has 0 aliphatic heterocycles. The van der Waals surface area contributed by atoms with Gasteiger partial charge in [-0.05, 0) is 30.3 Å². The van der Waals surface area contributed by atoms with E-state index in [1.807, 2.05) is 0 Å². The van der Waals surface area contributed by atoms with Crippen LogP contribution in [0.25, 0.3) is 0 Å². The van der Waals surface area contributed by atoms with E-state index in [4.69, 9.17) is 4.74 Å². The summed E-state index contributed by atoms with van der Waals surface area (Å²) >= 11 is 0. The van der Waals surface area contributed by atoms with Crippen LogP contribution in [0.3, 0.4) is 0 Å². The average molecular weight is 209 g/mol. The third-order valence-corrected chi connectivity index (χ3v) is 1.77. The normalized spacial score (nSPS) is 9.47. The maximum atomic E-state index is 11.3. The number of hydrogen-bond acceptors (Lipinski definition) is 5. The van der Waals surface area contributed by atoms with Gasteiger partial charge in [0.15, 0.2) is 0 Å². The third kappa shape index (κ3) is 2.52. The van der Waals surface area contributed by atoms with E-state index in [0.29, 0.717) is 12.4 Å². The van der Waals surface area contributed by atoms with Gasteiger partial charge in [-0.3, -0.25) is 0 Å². The minimum atomic E-state index is -0.552. The van der Waals surface area contributed by atoms with Crippen molar-refractivity contribution in [2.24, 2.45) is 5.18 Å². The van der Waals surface area contributed by atoms with E-state index >= 15 is 0 Å². The Bertz CT molecular complexity index is 376. The maximum Gasteiger partial charge on any atom is 0.341 e. The molecule has 0 aliphatic rings. The number of nitroso groups, excluding NO2 is 1. The average Bonchev–Trinajstić information content (AvgIpc) is 2.29. The molecule has 0 heterocycles. The highest BCUT2D eigenvalue weighted by Gasteiger charge is 2.13. The molecule has 0 amide bonds. The highest BCUT2D eigenvalue weighted by atomic mass is 16.5. The molecule has 0 fully saturated rings. The monoisotopic (exact) mass is 209 g/mol. The number of methoxy groups -OCH3 is 1. The molecule has 5 heteroatoms. The van der Waals surface area contributed by atoms with Crippen LogP contribution < -0.4 is 4.74 Å². The second-order valence-corrected chi connectivity index (χ2v) is 2.70. The van der Waals surface area contributed by atoms with Gasteiger partial charge in [0.25, 0.3) is 0 Å². The first-order valence-electron chi connectivity index (χ1n) is 4.41. The van der Waals surface area contributed by atoms with Gasteiger partial charge in [-0.15, -0.1) is 4.91 Å². The van der Waals surface area contributed by atoms with Gasteiger partial charge in [0.05, 0.1) is 13.7 Å². The second-order valence-electron chi connectivity index (χ2n) is 2.70. The van der Waals surface area contributed by atoms with E-state index in [0.717, 1.165) is 0 Å². The molecule has 1 aromatic carbocycles. The van der Waals surface area contributed by atoms with Gasteiger partial charge < -0.3 is 9.47 Å². The maximum absolute atomic E-state index is 11.3. The second kappa shape index (κ2) is 5.09. The number of benzene rings is 1. The summed E-state index contributed by atoms with van der Waals surface area (Å²) in [5, 5.41) is 2.74. The molecular formula is C10H11NO4. The van der Waals surface area contributed by atoms with Gasteiger partial charge >= 0.3 is 5.97 Å². The number of carbonyl (C=O) groups is 1. The Morgan fingerprint density at radius 3 is 2.73 bits per heavy atom. The van der Waals surface area contributed by atoms with E-state index in [-0.39, 0.29) is 11.3 Å². The smallest absolute Gasteiger partial charge is 0.341 e. The van der Waals surface area contributed by atoms with Gasteiger partial charge in [-0.25, -0.2) is 4.79 Å². The molecule has 0 saturated carbocycles. The Morgan fingerprint density at radius 2 is 2.20 bits per heavy atom. The Hall–Kier alpha value is -1.91. The van der Waals surface area contributed by atoms with Crippen molar-refractivity contribution in [2.45, 2.75) is 6.92 Å². The largest absolute Gasteiger partial charge is 0.493 e. The van der Waals surface area contributed by atoms with Crippen molar-refractivity contribution in [3.8, 4) is 5.75 Å². The van der Waals surface area contributed by atoms with Crippen LogP contribution in [0, 0.1) is 4.91 Å². The molecule has 0 radical (unpaired) electrons. The molecule has 0 atom stereocenters. The zero-order valence-electron chi connectivity index (χ0n) is 8.52. The topological polar surface area (TPSA) is 65.0 Å². The minimum Gasteiger partial charge on any atom is -0.493 e. The standard InChI is InChI=1S/C10H11NO4/c1-3-15-9-5-4-7(11-13)6-8(9)10(12)14-2/h4-6H,3H2,1-2H3. The van der Waals surface area contributed by atoms with Crippen LogP contribution in [-0.2, 0) is 4.74 Å². The van der Waals surface area contributed by atoms with Crippen molar-refractivity contribution in [3.05, 3.63) is 28.7 Å². The van der Waals surface area contributed by atoms with Crippen molar-refractivity contribution in [1.29, 1.82) is 0 Å². The van der Waals surface area contributed by atoms with Crippen LogP contribution in [0.1, 0.15) is 17.3 Å². The summed E-state index contributed by atoms with van der Waals surface area (Å²) in [5.41, 5.74) is 0.371. The van der Waals surface area contributed by atoms with Crippen molar-refractivity contribution in [3.63, 3.8) is 0 Å². The molecule has 5 nitrogen and oxygen atoms in total. The lowest BCUT2D eigenvalue weighted by Crippen LogP contribution is -2.05. The fraction of sp³-hybridized carbons (Fsp3) is 0.300. The first-order valence-corrected chi connectivity index (χ1v) is 4.41. The Balaban J connectivity index is 3.15. The van der Waals surface area contributed by atoms with E-state index in [1.165, 1.54) is 25.3 Å². The fourth-order valence-corrected chi connectivity index (χ4v) is 1.13. The summed E-state index contributed by atoms with van der Waals surface area (Å²) in [5.74, 6) is -0.166. The lowest BCUT2D eigenvalue weighted by molar-refractivity contribution is 0.0596. The highest BCUT2D eigenvalue weighted by Crippen LogP contribution is 2.25. The van der Waals surface area contributed by atoms with Crippen molar-refractivity contribution < 1.29 is 14.3 Å². The quantitative estimate of drug-likeness (QED) is 0.563. The summed E-state index contributed by atoms with van der Waals surface area (Å²) in [6, 6.07) is 4.33. The Labute approximate surface area is 87.0 Å². The van der Waals surface area contributed by atoms with Gasteiger partial charge in [-0.2, -0.15) is 0 Å². The lowest BCUT2D eigenvalue weighted by Gasteiger charge is -2.08. The van der Waals surface area contributed by atoms with E-state index in [1.54, 1.807) is 6.92 Å². The molecule has 80 valence electrons. The molecule has 0 aromatic heterocycles. The summed E-state index contributed by atoms with van der Waals surface area (Å²) in [6.07, 6.45) is 0. The summed E-state index contributed by atoms with van der Waals surface area (Å²) in [6.45, 7) is 2.23. The van der Waals surface area contributed by atoms with Gasteiger partial charge in [0.1, 0.15) is 17.0 Å². The SMILES string of the molecule is CCOc1ccc(N=O)cc1C(=O)OC. The van der Waals surface area contributed by atoms with Crippen LogP contribution in [0.2, 0.25) is 0 Å². The zero-order valence-corrected chi connectivity index (χ0v) is 8.52. The van der Waals surface area contributed by atoms with Crippen molar-refractivity contribution in [2.75, 3.05) is 13.7 Å². The minimum absolute atomic E-state index is 0.166. The van der Waals surface area contributed by atoms with Crippen molar-refractivity contribution >= 4 is 11.7 Å². The number of esters is 1. The molecule has 1 aromatic rings. The van der Waals surface area contributed by atoms with Crippen LogP contribution in [-0.4, -0.2) is 19.7 Å². The molecule has 0 saturated heterocycles. The fourth-order valence-electron chi connectivity index (χ4n) is 1.13.